The third-order valence-corrected chi connectivity index (χ3v) is 2.66. The van der Waals surface area contributed by atoms with Crippen molar-refractivity contribution in [3.8, 4) is 0 Å². The second-order valence-electron chi connectivity index (χ2n) is 3.84. The van der Waals surface area contributed by atoms with Gasteiger partial charge in [0.25, 0.3) is 0 Å². The van der Waals surface area contributed by atoms with Gasteiger partial charge in [-0.15, -0.1) is 0 Å². The van der Waals surface area contributed by atoms with Gasteiger partial charge in [0.05, 0.1) is 7.11 Å². The molecule has 0 aliphatic rings. The van der Waals surface area contributed by atoms with E-state index in [1.54, 1.807) is 6.92 Å². The molecule has 1 atom stereocenters. The van der Waals surface area contributed by atoms with Crippen molar-refractivity contribution in [1.82, 2.24) is 0 Å². The normalized spacial score (nSPS) is 12.0. The fraction of sp³-hybridized carbons (Fsp3) is 0.385. The fourth-order valence-corrected chi connectivity index (χ4v) is 1.62. The summed E-state index contributed by atoms with van der Waals surface area (Å²) in [7, 11) is 1.17. The van der Waals surface area contributed by atoms with E-state index in [1.807, 2.05) is 0 Å². The summed E-state index contributed by atoms with van der Waals surface area (Å²) in [5.74, 6) is -3.54. The lowest BCUT2D eigenvalue weighted by atomic mass is 9.93. The van der Waals surface area contributed by atoms with Crippen LogP contribution in [-0.2, 0) is 20.7 Å². The molecule has 0 amide bonds. The molecule has 0 bridgehead atoms. The van der Waals surface area contributed by atoms with Crippen molar-refractivity contribution >= 4 is 11.8 Å². The van der Waals surface area contributed by atoms with Crippen LogP contribution in [-0.4, -0.2) is 18.9 Å². The van der Waals surface area contributed by atoms with E-state index in [0.717, 1.165) is 12.1 Å². The molecule has 18 heavy (non-hydrogen) atoms. The molecule has 0 aromatic heterocycles. The van der Waals surface area contributed by atoms with Crippen molar-refractivity contribution in [2.45, 2.75) is 19.8 Å². The van der Waals surface area contributed by atoms with Crippen LogP contribution < -0.4 is 0 Å². The lowest BCUT2D eigenvalue weighted by Gasteiger charge is -2.13. The zero-order chi connectivity index (χ0) is 13.7. The maximum Gasteiger partial charge on any atom is 0.316 e. The average molecular weight is 256 g/mol. The van der Waals surface area contributed by atoms with Gasteiger partial charge in [-0.25, -0.2) is 8.78 Å². The van der Waals surface area contributed by atoms with Crippen molar-refractivity contribution < 1.29 is 23.1 Å². The van der Waals surface area contributed by atoms with Crippen LogP contribution in [0.5, 0.6) is 0 Å². The predicted molar refractivity (Wildman–Crippen MR) is 60.9 cm³/mol. The molecule has 0 N–H and O–H groups in total. The van der Waals surface area contributed by atoms with Gasteiger partial charge in [0.2, 0.25) is 0 Å². The summed E-state index contributed by atoms with van der Waals surface area (Å²) in [5.41, 5.74) is 0.119. The van der Waals surface area contributed by atoms with E-state index in [0.29, 0.717) is 0 Å². The number of carbonyl (C=O) groups excluding carboxylic acids is 2. The first kappa shape index (κ1) is 14.3. The molecular weight excluding hydrogens is 242 g/mol. The number of rotatable bonds is 5. The number of hydrogen-bond acceptors (Lipinski definition) is 3. The Hall–Kier alpha value is -1.78. The van der Waals surface area contributed by atoms with Crippen LogP contribution in [0.3, 0.4) is 0 Å². The molecule has 0 radical (unpaired) electrons. The maximum absolute atomic E-state index is 13.4. The highest BCUT2D eigenvalue weighted by Crippen LogP contribution is 2.17. The first-order chi connectivity index (χ1) is 8.49. The number of Topliss-reactive ketones (excluding diaryl/α,β-unsaturated/α-hetero) is 1. The van der Waals surface area contributed by atoms with Crippen LogP contribution >= 0.6 is 0 Å². The van der Waals surface area contributed by atoms with Gasteiger partial charge in [0, 0.05) is 12.5 Å². The van der Waals surface area contributed by atoms with E-state index >= 15 is 0 Å². The standard InChI is InChI=1S/C13H14F2O3/c1-3-12(16)10(13(17)18-2)6-8-4-5-9(14)7-11(8)15/h4-5,7,10H,3,6H2,1-2H3. The Morgan fingerprint density at radius 2 is 2.00 bits per heavy atom. The SMILES string of the molecule is CCC(=O)C(Cc1ccc(F)cc1F)C(=O)OC. The number of halogens is 2. The summed E-state index contributed by atoms with van der Waals surface area (Å²) < 4.78 is 30.7. The van der Waals surface area contributed by atoms with Gasteiger partial charge >= 0.3 is 5.97 Å². The Kier molecular flexibility index (Phi) is 4.95. The van der Waals surface area contributed by atoms with Gasteiger partial charge in [-0.3, -0.25) is 9.59 Å². The van der Waals surface area contributed by atoms with E-state index in [-0.39, 0.29) is 24.2 Å². The molecule has 5 heteroatoms. The largest absolute Gasteiger partial charge is 0.468 e. The smallest absolute Gasteiger partial charge is 0.316 e. The second kappa shape index (κ2) is 6.23. The Morgan fingerprint density at radius 1 is 1.33 bits per heavy atom. The van der Waals surface area contributed by atoms with Gasteiger partial charge in [0.15, 0.2) is 0 Å². The number of benzene rings is 1. The zero-order valence-corrected chi connectivity index (χ0v) is 10.2. The maximum atomic E-state index is 13.4. The van der Waals surface area contributed by atoms with Gasteiger partial charge in [-0.05, 0) is 18.1 Å². The molecular formula is C13H14F2O3. The van der Waals surface area contributed by atoms with Crippen molar-refractivity contribution in [2.75, 3.05) is 7.11 Å². The molecule has 0 fully saturated rings. The van der Waals surface area contributed by atoms with Crippen molar-refractivity contribution in [3.63, 3.8) is 0 Å². The minimum Gasteiger partial charge on any atom is -0.468 e. The quantitative estimate of drug-likeness (QED) is 0.599. The van der Waals surface area contributed by atoms with E-state index in [1.165, 1.54) is 13.2 Å². The topological polar surface area (TPSA) is 43.4 Å². The molecule has 1 rings (SSSR count). The molecule has 1 unspecified atom stereocenters. The molecule has 0 aliphatic carbocycles. The van der Waals surface area contributed by atoms with Crippen LogP contribution in [0.1, 0.15) is 18.9 Å². The van der Waals surface area contributed by atoms with Gasteiger partial charge in [0.1, 0.15) is 23.3 Å². The van der Waals surface area contributed by atoms with Crippen LogP contribution in [0, 0.1) is 17.6 Å². The second-order valence-corrected chi connectivity index (χ2v) is 3.84. The molecule has 1 aromatic carbocycles. The highest BCUT2D eigenvalue weighted by atomic mass is 19.1. The summed E-state index contributed by atoms with van der Waals surface area (Å²) in [4.78, 5) is 23.1. The van der Waals surface area contributed by atoms with E-state index in [9.17, 15) is 18.4 Å². The van der Waals surface area contributed by atoms with E-state index in [2.05, 4.69) is 4.74 Å². The highest BCUT2D eigenvalue weighted by Gasteiger charge is 2.27. The van der Waals surface area contributed by atoms with E-state index < -0.39 is 23.5 Å². The third kappa shape index (κ3) is 3.35. The monoisotopic (exact) mass is 256 g/mol. The van der Waals surface area contributed by atoms with Crippen LogP contribution in [0.4, 0.5) is 8.78 Å². The molecule has 3 nitrogen and oxygen atoms in total. The first-order valence-electron chi connectivity index (χ1n) is 5.54. The summed E-state index contributed by atoms with van der Waals surface area (Å²) in [6.45, 7) is 1.61. The zero-order valence-electron chi connectivity index (χ0n) is 10.2. The van der Waals surface area contributed by atoms with Gasteiger partial charge < -0.3 is 4.74 Å². The van der Waals surface area contributed by atoms with Crippen molar-refractivity contribution in [1.29, 1.82) is 0 Å². The van der Waals surface area contributed by atoms with Crippen LogP contribution in [0.25, 0.3) is 0 Å². The molecule has 0 heterocycles. The molecule has 0 saturated carbocycles. The Morgan fingerprint density at radius 3 is 2.50 bits per heavy atom. The summed E-state index contributed by atoms with van der Waals surface area (Å²) >= 11 is 0. The van der Waals surface area contributed by atoms with Gasteiger partial charge in [-0.1, -0.05) is 13.0 Å². The Labute approximate surface area is 104 Å². The van der Waals surface area contributed by atoms with Crippen molar-refractivity contribution in [3.05, 3.63) is 35.4 Å². The highest BCUT2D eigenvalue weighted by molar-refractivity contribution is 5.99. The minimum atomic E-state index is -1.04. The summed E-state index contributed by atoms with van der Waals surface area (Å²) in [6.07, 6.45) is 0.0358. The summed E-state index contributed by atoms with van der Waals surface area (Å²) in [5, 5.41) is 0. The van der Waals surface area contributed by atoms with Crippen LogP contribution in [0.15, 0.2) is 18.2 Å². The Bertz CT molecular complexity index is 442. The van der Waals surface area contributed by atoms with Gasteiger partial charge in [-0.2, -0.15) is 0 Å². The molecule has 0 aliphatic heterocycles. The fourth-order valence-electron chi connectivity index (χ4n) is 1.62. The molecule has 0 spiro atoms. The number of hydrogen-bond donors (Lipinski definition) is 0. The first-order valence-corrected chi connectivity index (χ1v) is 5.54. The molecule has 0 saturated heterocycles. The number of methoxy groups -OCH3 is 1. The number of ether oxygens (including phenoxy) is 1. The number of esters is 1. The number of carbonyl (C=O) groups is 2. The Balaban J connectivity index is 2.96. The third-order valence-electron chi connectivity index (χ3n) is 2.66. The van der Waals surface area contributed by atoms with Crippen molar-refractivity contribution in [2.24, 2.45) is 5.92 Å². The predicted octanol–water partition coefficient (Wildman–Crippen LogP) is 2.28. The molecule has 1 aromatic rings. The number of ketones is 1. The lowest BCUT2D eigenvalue weighted by molar-refractivity contribution is -0.149. The average Bonchev–Trinajstić information content (AvgIpc) is 2.36. The summed E-state index contributed by atoms with van der Waals surface area (Å²) in [6, 6.07) is 3.03. The lowest BCUT2D eigenvalue weighted by Crippen LogP contribution is -2.27. The molecule has 98 valence electrons. The van der Waals surface area contributed by atoms with Crippen LogP contribution in [0.2, 0.25) is 0 Å². The minimum absolute atomic E-state index is 0.119. The van der Waals surface area contributed by atoms with E-state index in [4.69, 9.17) is 0 Å².